The Morgan fingerprint density at radius 2 is 1.81 bits per heavy atom. The van der Waals surface area contributed by atoms with E-state index in [4.69, 9.17) is 10.7 Å². The van der Waals surface area contributed by atoms with E-state index < -0.39 is 24.2 Å². The summed E-state index contributed by atoms with van der Waals surface area (Å²) in [4.78, 5) is 21.6. The SMILES string of the molecule is CN(C)C(=O)N(CC[C@H](N)CF)C(c1nc(-c2cccc(F)c2)cn1Cc1ccccc1)C(C)(C)C. The highest BCUT2D eigenvalue weighted by Gasteiger charge is 2.39. The molecule has 8 heteroatoms. The third-order valence-electron chi connectivity index (χ3n) is 6.07. The van der Waals surface area contributed by atoms with Gasteiger partial charge in [0.05, 0.1) is 11.7 Å². The minimum absolute atomic E-state index is 0.206. The van der Waals surface area contributed by atoms with E-state index in [1.54, 1.807) is 25.1 Å². The van der Waals surface area contributed by atoms with Crippen molar-refractivity contribution in [1.29, 1.82) is 0 Å². The lowest BCUT2D eigenvalue weighted by atomic mass is 9.84. The highest BCUT2D eigenvalue weighted by atomic mass is 19.1. The molecule has 0 radical (unpaired) electrons. The van der Waals surface area contributed by atoms with Crippen molar-refractivity contribution in [2.24, 2.45) is 11.1 Å². The highest BCUT2D eigenvalue weighted by Crippen LogP contribution is 2.39. The first-order chi connectivity index (χ1) is 17.0. The quantitative estimate of drug-likeness (QED) is 0.425. The van der Waals surface area contributed by atoms with Gasteiger partial charge in [-0.25, -0.2) is 18.6 Å². The fourth-order valence-electron chi connectivity index (χ4n) is 4.31. The molecule has 0 saturated carbocycles. The molecule has 2 amide bonds. The molecule has 3 aromatic rings. The third-order valence-corrected chi connectivity index (χ3v) is 6.07. The van der Waals surface area contributed by atoms with Crippen LogP contribution >= 0.6 is 0 Å². The Morgan fingerprint density at radius 1 is 1.11 bits per heavy atom. The van der Waals surface area contributed by atoms with Gasteiger partial charge >= 0.3 is 6.03 Å². The molecule has 0 spiro atoms. The molecule has 0 fully saturated rings. The van der Waals surface area contributed by atoms with Crippen LogP contribution in [0, 0.1) is 11.2 Å². The number of imidazole rings is 1. The van der Waals surface area contributed by atoms with Gasteiger partial charge in [0.1, 0.15) is 18.3 Å². The molecule has 1 aromatic heterocycles. The van der Waals surface area contributed by atoms with Gasteiger partial charge in [-0.05, 0) is 29.5 Å². The molecule has 2 aromatic carbocycles. The van der Waals surface area contributed by atoms with Crippen molar-refractivity contribution in [2.75, 3.05) is 27.3 Å². The van der Waals surface area contributed by atoms with Gasteiger partial charge in [0.25, 0.3) is 0 Å². The lowest BCUT2D eigenvalue weighted by Gasteiger charge is -2.41. The number of halogens is 2. The molecule has 6 nitrogen and oxygen atoms in total. The van der Waals surface area contributed by atoms with E-state index in [0.717, 1.165) is 5.56 Å². The molecule has 1 heterocycles. The maximum atomic E-state index is 14.1. The summed E-state index contributed by atoms with van der Waals surface area (Å²) in [5, 5.41) is 0. The van der Waals surface area contributed by atoms with Crippen LogP contribution in [0.15, 0.2) is 60.8 Å². The topological polar surface area (TPSA) is 67.4 Å². The molecule has 2 atom stereocenters. The van der Waals surface area contributed by atoms with Crippen LogP contribution in [0.2, 0.25) is 0 Å². The van der Waals surface area contributed by atoms with Gasteiger partial charge in [-0.1, -0.05) is 63.2 Å². The predicted octanol–water partition coefficient (Wildman–Crippen LogP) is 5.50. The molecule has 1 unspecified atom stereocenters. The lowest BCUT2D eigenvalue weighted by molar-refractivity contribution is 0.0899. The smallest absolute Gasteiger partial charge is 0.320 e. The van der Waals surface area contributed by atoms with Crippen molar-refractivity contribution < 1.29 is 13.6 Å². The number of carbonyl (C=O) groups excluding carboxylic acids is 1. The standard InChI is InChI=1S/C28H37F2N5O/c1-28(2,3)25(35(27(36)33(4)5)15-14-23(31)17-29)26-32-24(21-12-9-13-22(30)16-21)19-34(26)18-20-10-7-6-8-11-20/h6-13,16,19,23,25H,14-15,17-18,31H2,1-5H3/t23-,25?/m0/s1. The zero-order valence-corrected chi connectivity index (χ0v) is 21.8. The van der Waals surface area contributed by atoms with Crippen molar-refractivity contribution in [3.63, 3.8) is 0 Å². The largest absolute Gasteiger partial charge is 0.331 e. The lowest BCUT2D eigenvalue weighted by Crippen LogP contribution is -2.48. The first-order valence-corrected chi connectivity index (χ1v) is 12.2. The summed E-state index contributed by atoms with van der Waals surface area (Å²) in [5.41, 5.74) is 7.80. The first kappa shape index (κ1) is 27.3. The summed E-state index contributed by atoms with van der Waals surface area (Å²) in [6.07, 6.45) is 2.22. The molecule has 0 bridgehead atoms. The second-order valence-corrected chi connectivity index (χ2v) is 10.5. The van der Waals surface area contributed by atoms with E-state index >= 15 is 0 Å². The Hall–Kier alpha value is -3.26. The second-order valence-electron chi connectivity index (χ2n) is 10.5. The molecule has 0 saturated heterocycles. The van der Waals surface area contributed by atoms with Gasteiger partial charge in [-0.3, -0.25) is 0 Å². The summed E-state index contributed by atoms with van der Waals surface area (Å²) in [6.45, 7) is 6.29. The molecule has 0 aliphatic carbocycles. The number of nitrogens with two attached hydrogens (primary N) is 1. The highest BCUT2D eigenvalue weighted by molar-refractivity contribution is 5.74. The van der Waals surface area contributed by atoms with Gasteiger partial charge in [0.2, 0.25) is 0 Å². The maximum absolute atomic E-state index is 14.1. The number of urea groups is 1. The Labute approximate surface area is 212 Å². The Kier molecular flexibility index (Phi) is 8.84. The van der Waals surface area contributed by atoms with Crippen LogP contribution in [0.25, 0.3) is 11.3 Å². The summed E-state index contributed by atoms with van der Waals surface area (Å²) < 4.78 is 29.3. The molecular weight excluding hydrogens is 460 g/mol. The van der Waals surface area contributed by atoms with Gasteiger partial charge in [0, 0.05) is 45.0 Å². The molecule has 36 heavy (non-hydrogen) atoms. The number of benzene rings is 2. The van der Waals surface area contributed by atoms with E-state index in [-0.39, 0.29) is 18.4 Å². The summed E-state index contributed by atoms with van der Waals surface area (Å²) in [5.74, 6) is 0.332. The zero-order valence-electron chi connectivity index (χ0n) is 21.8. The van der Waals surface area contributed by atoms with Crippen molar-refractivity contribution >= 4 is 6.03 Å². The maximum Gasteiger partial charge on any atom is 0.320 e. The average Bonchev–Trinajstić information content (AvgIpc) is 3.23. The Morgan fingerprint density at radius 3 is 2.39 bits per heavy atom. The number of nitrogens with zero attached hydrogens (tertiary/aromatic N) is 4. The number of aromatic nitrogens is 2. The number of carbonyl (C=O) groups is 1. The van der Waals surface area contributed by atoms with Crippen molar-refractivity contribution in [1.82, 2.24) is 19.4 Å². The van der Waals surface area contributed by atoms with Crippen LogP contribution in [0.5, 0.6) is 0 Å². The number of amides is 2. The zero-order chi connectivity index (χ0) is 26.5. The molecular formula is C28H37F2N5O. The third kappa shape index (κ3) is 6.69. The van der Waals surface area contributed by atoms with Crippen LogP contribution in [0.3, 0.4) is 0 Å². The Balaban J connectivity index is 2.17. The molecule has 0 aliphatic rings. The molecule has 2 N–H and O–H groups in total. The number of hydrogen-bond donors (Lipinski definition) is 1. The number of hydrogen-bond acceptors (Lipinski definition) is 3. The molecule has 194 valence electrons. The van der Waals surface area contributed by atoms with E-state index in [9.17, 15) is 13.6 Å². The molecule has 0 aliphatic heterocycles. The van der Waals surface area contributed by atoms with Crippen LogP contribution in [0.1, 0.15) is 44.6 Å². The Bertz CT molecular complexity index is 1140. The van der Waals surface area contributed by atoms with Gasteiger partial charge in [-0.2, -0.15) is 0 Å². The number of alkyl halides is 1. The van der Waals surface area contributed by atoms with Crippen LogP contribution in [-0.4, -0.2) is 58.7 Å². The van der Waals surface area contributed by atoms with Crippen LogP contribution in [0.4, 0.5) is 13.6 Å². The van der Waals surface area contributed by atoms with E-state index in [0.29, 0.717) is 30.0 Å². The van der Waals surface area contributed by atoms with Crippen molar-refractivity contribution in [3.8, 4) is 11.3 Å². The van der Waals surface area contributed by atoms with E-state index in [1.807, 2.05) is 67.9 Å². The van der Waals surface area contributed by atoms with Gasteiger partial charge in [0.15, 0.2) is 0 Å². The van der Waals surface area contributed by atoms with Crippen molar-refractivity contribution in [3.05, 3.63) is 78.0 Å². The minimum atomic E-state index is -0.657. The monoisotopic (exact) mass is 497 g/mol. The minimum Gasteiger partial charge on any atom is -0.331 e. The fourth-order valence-corrected chi connectivity index (χ4v) is 4.31. The summed E-state index contributed by atoms with van der Waals surface area (Å²) in [6, 6.07) is 15.0. The average molecular weight is 498 g/mol. The predicted molar refractivity (Wildman–Crippen MR) is 140 cm³/mol. The first-order valence-electron chi connectivity index (χ1n) is 12.2. The molecule has 3 rings (SSSR count). The summed E-state index contributed by atoms with van der Waals surface area (Å²) >= 11 is 0. The van der Waals surface area contributed by atoms with Gasteiger partial charge < -0.3 is 20.1 Å². The van der Waals surface area contributed by atoms with Crippen LogP contribution < -0.4 is 5.73 Å². The van der Waals surface area contributed by atoms with Crippen LogP contribution in [-0.2, 0) is 6.54 Å². The van der Waals surface area contributed by atoms with Crippen molar-refractivity contribution in [2.45, 2.75) is 45.8 Å². The second kappa shape index (κ2) is 11.6. The van der Waals surface area contributed by atoms with E-state index in [1.165, 1.54) is 17.0 Å². The number of rotatable bonds is 9. The van der Waals surface area contributed by atoms with Gasteiger partial charge in [-0.15, -0.1) is 0 Å². The summed E-state index contributed by atoms with van der Waals surface area (Å²) in [7, 11) is 3.39. The normalized spacial score (nSPS) is 13.3. The van der Waals surface area contributed by atoms with E-state index in [2.05, 4.69) is 0 Å². The fraction of sp³-hybridized carbons (Fsp3) is 0.429.